The van der Waals surface area contributed by atoms with Crippen LogP contribution in [0.25, 0.3) is 10.9 Å². The highest BCUT2D eigenvalue weighted by molar-refractivity contribution is 7.80. The molecule has 0 spiro atoms. The Morgan fingerprint density at radius 1 is 1.14 bits per heavy atom. The zero-order chi connectivity index (χ0) is 26.9. The molecule has 3 rings (SSSR count). The molecule has 4 atom stereocenters. The predicted molar refractivity (Wildman–Crippen MR) is 143 cm³/mol. The number of aliphatic carboxylic acids is 1. The van der Waals surface area contributed by atoms with Crippen molar-refractivity contribution in [3.05, 3.63) is 36.0 Å². The third kappa shape index (κ3) is 7.24. The molecule has 11 nitrogen and oxygen atoms in total. The van der Waals surface area contributed by atoms with E-state index in [1.54, 1.807) is 6.20 Å². The lowest BCUT2D eigenvalue weighted by molar-refractivity contribution is -0.149. The minimum atomic E-state index is -1.07. The summed E-state index contributed by atoms with van der Waals surface area (Å²) >= 11 is 4.07. The Kier molecular flexibility index (Phi) is 10.4. The number of carbonyl (C=O) groups excluding carboxylic acids is 3. The second-order valence-corrected chi connectivity index (χ2v) is 9.65. The van der Waals surface area contributed by atoms with E-state index in [4.69, 9.17) is 11.5 Å². The smallest absolute Gasteiger partial charge is 0.326 e. The van der Waals surface area contributed by atoms with E-state index >= 15 is 0 Å². The quantitative estimate of drug-likeness (QED) is 0.141. The summed E-state index contributed by atoms with van der Waals surface area (Å²) in [6, 6.07) is 3.80. The maximum absolute atomic E-state index is 13.5. The van der Waals surface area contributed by atoms with E-state index < -0.39 is 47.9 Å². The van der Waals surface area contributed by atoms with Crippen molar-refractivity contribution >= 4 is 47.2 Å². The van der Waals surface area contributed by atoms with Crippen LogP contribution in [0.15, 0.2) is 30.5 Å². The van der Waals surface area contributed by atoms with Crippen molar-refractivity contribution in [1.29, 1.82) is 0 Å². The molecule has 1 aromatic heterocycles. The number of carboxylic acid groups (broad SMARTS) is 1. The molecule has 1 aliphatic rings. The number of aromatic amines is 1. The third-order valence-corrected chi connectivity index (χ3v) is 7.04. The monoisotopic (exact) mass is 532 g/mol. The van der Waals surface area contributed by atoms with Crippen LogP contribution in [0.5, 0.6) is 0 Å². The van der Waals surface area contributed by atoms with Crippen molar-refractivity contribution < 1.29 is 24.3 Å². The number of unbranched alkanes of at least 4 members (excludes halogenated alkanes) is 1. The van der Waals surface area contributed by atoms with Crippen molar-refractivity contribution in [1.82, 2.24) is 20.5 Å². The van der Waals surface area contributed by atoms with E-state index in [9.17, 15) is 24.3 Å². The molecule has 2 aromatic rings. The normalized spacial score (nSPS) is 17.8. The van der Waals surface area contributed by atoms with E-state index in [1.807, 2.05) is 24.3 Å². The lowest BCUT2D eigenvalue weighted by Crippen LogP contribution is -2.57. The van der Waals surface area contributed by atoms with Gasteiger partial charge in [0.1, 0.15) is 18.1 Å². The number of rotatable bonds is 13. The summed E-state index contributed by atoms with van der Waals surface area (Å²) in [4.78, 5) is 55.6. The van der Waals surface area contributed by atoms with Gasteiger partial charge in [-0.25, -0.2) is 4.79 Å². The van der Waals surface area contributed by atoms with Gasteiger partial charge in [-0.3, -0.25) is 14.4 Å². The van der Waals surface area contributed by atoms with E-state index in [0.717, 1.165) is 16.5 Å². The number of para-hydroxylation sites is 1. The molecule has 1 saturated heterocycles. The van der Waals surface area contributed by atoms with E-state index in [-0.39, 0.29) is 12.2 Å². The van der Waals surface area contributed by atoms with Gasteiger partial charge < -0.3 is 37.1 Å². The van der Waals surface area contributed by atoms with Crippen LogP contribution in [0, 0.1) is 0 Å². The minimum absolute atomic E-state index is 0.0962. The second kappa shape index (κ2) is 13.5. The number of carbonyl (C=O) groups is 4. The number of nitrogens with zero attached hydrogens (tertiary/aromatic N) is 1. The molecule has 37 heavy (non-hydrogen) atoms. The first kappa shape index (κ1) is 28.5. The van der Waals surface area contributed by atoms with Crippen LogP contribution in [0.3, 0.4) is 0 Å². The second-order valence-electron chi connectivity index (χ2n) is 9.29. The van der Waals surface area contributed by atoms with E-state index in [2.05, 4.69) is 28.2 Å². The van der Waals surface area contributed by atoms with Crippen molar-refractivity contribution in [3.63, 3.8) is 0 Å². The number of nitrogens with one attached hydrogen (secondary N) is 3. The average molecular weight is 533 g/mol. The number of carboxylic acids is 1. The maximum atomic E-state index is 13.5. The molecule has 0 aliphatic carbocycles. The number of amides is 3. The number of hydrogen-bond donors (Lipinski definition) is 7. The molecular formula is C25H36N6O5S. The molecule has 3 amide bonds. The zero-order valence-electron chi connectivity index (χ0n) is 20.7. The minimum Gasteiger partial charge on any atom is -0.480 e. The van der Waals surface area contributed by atoms with Crippen molar-refractivity contribution in [2.24, 2.45) is 11.5 Å². The van der Waals surface area contributed by atoms with E-state index in [0.29, 0.717) is 45.2 Å². The Bertz CT molecular complexity index is 1110. The highest BCUT2D eigenvalue weighted by atomic mass is 32.1. The standard InChI is InChI=1S/C25H36N6O5S/c26-10-4-3-8-19(24(34)31-11-5-9-21(31)25(35)36)29-23(33)20(30-22(32)17(27)14-37)12-15-13-28-18-7-2-1-6-16(15)18/h1-2,6-7,13,17,19-21,28,37H,3-5,8-12,14,26-27H2,(H,29,33)(H,30,32)(H,35,36). The van der Waals surface area contributed by atoms with Crippen LogP contribution >= 0.6 is 12.6 Å². The first-order chi connectivity index (χ1) is 17.8. The number of aromatic nitrogens is 1. The fourth-order valence-corrected chi connectivity index (χ4v) is 4.77. The zero-order valence-corrected chi connectivity index (χ0v) is 21.6. The Morgan fingerprint density at radius 3 is 2.57 bits per heavy atom. The van der Waals surface area contributed by atoms with Gasteiger partial charge in [-0.2, -0.15) is 12.6 Å². The maximum Gasteiger partial charge on any atom is 0.326 e. The molecule has 0 saturated carbocycles. The van der Waals surface area contributed by atoms with Gasteiger partial charge in [-0.1, -0.05) is 18.2 Å². The number of hydrogen-bond acceptors (Lipinski definition) is 7. The third-order valence-electron chi connectivity index (χ3n) is 6.65. The van der Waals surface area contributed by atoms with Gasteiger partial charge in [0, 0.05) is 35.8 Å². The summed E-state index contributed by atoms with van der Waals surface area (Å²) in [5.41, 5.74) is 13.1. The van der Waals surface area contributed by atoms with Gasteiger partial charge in [0.15, 0.2) is 0 Å². The van der Waals surface area contributed by atoms with Gasteiger partial charge in [0.25, 0.3) is 0 Å². The van der Waals surface area contributed by atoms with Gasteiger partial charge >= 0.3 is 5.97 Å². The highest BCUT2D eigenvalue weighted by Crippen LogP contribution is 2.21. The average Bonchev–Trinajstić information content (AvgIpc) is 3.54. The number of fused-ring (bicyclic) bond motifs is 1. The van der Waals surface area contributed by atoms with Crippen molar-refractivity contribution in [2.45, 2.75) is 62.7 Å². The first-order valence-electron chi connectivity index (χ1n) is 12.5. The van der Waals surface area contributed by atoms with Crippen LogP contribution in [0.4, 0.5) is 0 Å². The summed E-state index contributed by atoms with van der Waals surface area (Å²) in [5, 5.41) is 15.9. The lowest BCUT2D eigenvalue weighted by Gasteiger charge is -2.29. The lowest BCUT2D eigenvalue weighted by atomic mass is 10.0. The Hall–Kier alpha value is -3.09. The molecule has 0 bridgehead atoms. The summed E-state index contributed by atoms with van der Waals surface area (Å²) in [5.74, 6) is -2.50. The van der Waals surface area contributed by atoms with Crippen LogP contribution < -0.4 is 22.1 Å². The number of likely N-dealkylation sites (tertiary alicyclic amines) is 1. The van der Waals surface area contributed by atoms with Crippen molar-refractivity contribution in [3.8, 4) is 0 Å². The molecular weight excluding hydrogens is 496 g/mol. The van der Waals surface area contributed by atoms with Crippen LogP contribution in [0.2, 0.25) is 0 Å². The molecule has 0 radical (unpaired) electrons. The number of nitrogens with two attached hydrogens (primary N) is 2. The fourth-order valence-electron chi connectivity index (χ4n) is 4.60. The van der Waals surface area contributed by atoms with Gasteiger partial charge in [-0.15, -0.1) is 0 Å². The molecule has 8 N–H and O–H groups in total. The van der Waals surface area contributed by atoms with Crippen molar-refractivity contribution in [2.75, 3.05) is 18.8 Å². The molecule has 12 heteroatoms. The predicted octanol–water partition coefficient (Wildman–Crippen LogP) is 0.142. The topological polar surface area (TPSA) is 184 Å². The Labute approximate surface area is 221 Å². The van der Waals surface area contributed by atoms with Gasteiger partial charge in [-0.05, 0) is 50.3 Å². The number of benzene rings is 1. The molecule has 1 aromatic carbocycles. The molecule has 4 unspecified atom stereocenters. The summed E-state index contributed by atoms with van der Waals surface area (Å²) in [6.07, 6.45) is 4.40. The van der Waals surface area contributed by atoms with Crippen LogP contribution in [0.1, 0.15) is 37.7 Å². The summed E-state index contributed by atoms with van der Waals surface area (Å²) in [6.45, 7) is 0.739. The van der Waals surface area contributed by atoms with Gasteiger partial charge in [0.05, 0.1) is 6.04 Å². The Morgan fingerprint density at radius 2 is 1.86 bits per heavy atom. The summed E-state index contributed by atoms with van der Waals surface area (Å²) in [7, 11) is 0. The largest absolute Gasteiger partial charge is 0.480 e. The first-order valence-corrected chi connectivity index (χ1v) is 13.2. The molecule has 202 valence electrons. The Balaban J connectivity index is 1.83. The molecule has 2 heterocycles. The number of H-pyrrole nitrogens is 1. The van der Waals surface area contributed by atoms with Crippen LogP contribution in [-0.4, -0.2) is 81.7 Å². The number of thiol groups is 1. The molecule has 1 aliphatic heterocycles. The van der Waals surface area contributed by atoms with Gasteiger partial charge in [0.2, 0.25) is 17.7 Å². The van der Waals surface area contributed by atoms with Crippen LogP contribution in [-0.2, 0) is 25.6 Å². The summed E-state index contributed by atoms with van der Waals surface area (Å²) < 4.78 is 0. The van der Waals surface area contributed by atoms with E-state index in [1.165, 1.54) is 4.90 Å². The molecule has 1 fully saturated rings. The highest BCUT2D eigenvalue weighted by Gasteiger charge is 2.38. The fraction of sp³-hybridized carbons (Fsp3) is 0.520. The SMILES string of the molecule is NCCCCC(NC(=O)C(Cc1c[nH]c2ccccc12)NC(=O)C(N)CS)C(=O)N1CCCC1C(=O)O.